The van der Waals surface area contributed by atoms with Gasteiger partial charge in [-0.3, -0.25) is 14.5 Å². The molecule has 20 heavy (non-hydrogen) atoms. The van der Waals surface area contributed by atoms with Crippen LogP contribution in [0.4, 0.5) is 10.1 Å². The van der Waals surface area contributed by atoms with Crippen molar-refractivity contribution < 1.29 is 14.0 Å². The molecule has 0 spiro atoms. The molecule has 1 aromatic carbocycles. The number of fused-ring (bicyclic) bond motifs is 2. The lowest BCUT2D eigenvalue weighted by atomic mass is 9.96. The van der Waals surface area contributed by atoms with Crippen LogP contribution in [0.15, 0.2) is 18.2 Å². The summed E-state index contributed by atoms with van der Waals surface area (Å²) < 4.78 is 13.6. The van der Waals surface area contributed by atoms with E-state index in [4.69, 9.17) is 18.0 Å². The number of hydrogen-bond acceptors (Lipinski definition) is 3. The molecule has 1 aliphatic heterocycles. The molecular weight excluding hydrogens is 279 g/mol. The van der Waals surface area contributed by atoms with Gasteiger partial charge < -0.3 is 5.73 Å². The number of carbonyl (C=O) groups is 2. The number of hydrogen-bond donors (Lipinski definition) is 1. The number of piperidine rings is 1. The quantitative estimate of drug-likeness (QED) is 0.666. The summed E-state index contributed by atoms with van der Waals surface area (Å²) in [5.74, 6) is -1.17. The van der Waals surface area contributed by atoms with E-state index in [1.54, 1.807) is 0 Å². The lowest BCUT2D eigenvalue weighted by Gasteiger charge is -2.29. The van der Waals surface area contributed by atoms with Gasteiger partial charge in [0.2, 0.25) is 11.8 Å². The van der Waals surface area contributed by atoms with E-state index in [1.807, 2.05) is 0 Å². The maximum Gasteiger partial charge on any atom is 0.236 e. The first-order valence-electron chi connectivity index (χ1n) is 6.46. The van der Waals surface area contributed by atoms with Crippen LogP contribution < -0.4 is 10.6 Å². The van der Waals surface area contributed by atoms with Crippen molar-refractivity contribution in [3.05, 3.63) is 29.6 Å². The van der Waals surface area contributed by atoms with E-state index in [1.165, 1.54) is 18.2 Å². The number of anilines is 1. The van der Waals surface area contributed by atoms with E-state index < -0.39 is 5.82 Å². The van der Waals surface area contributed by atoms with Crippen LogP contribution in [0.25, 0.3) is 0 Å². The predicted octanol–water partition coefficient (Wildman–Crippen LogP) is 1.75. The molecule has 2 N–H and O–H groups in total. The molecule has 4 nitrogen and oxygen atoms in total. The van der Waals surface area contributed by atoms with Gasteiger partial charge in [0.1, 0.15) is 10.8 Å². The second kappa shape index (κ2) is 4.63. The molecule has 1 saturated carbocycles. The van der Waals surface area contributed by atoms with Gasteiger partial charge in [-0.05, 0) is 37.5 Å². The van der Waals surface area contributed by atoms with Gasteiger partial charge >= 0.3 is 0 Å². The fraction of sp³-hybridized carbons (Fsp3) is 0.357. The highest BCUT2D eigenvalue weighted by Gasteiger charge is 2.45. The SMILES string of the molecule is NC(=S)c1cc(N2C(=O)C3CCC(C3)C2=O)ccc1F. The highest BCUT2D eigenvalue weighted by Crippen LogP contribution is 2.40. The smallest absolute Gasteiger partial charge is 0.236 e. The number of imide groups is 1. The number of amides is 2. The molecule has 104 valence electrons. The summed E-state index contributed by atoms with van der Waals surface area (Å²) in [6.45, 7) is 0. The van der Waals surface area contributed by atoms with Gasteiger partial charge in [0, 0.05) is 17.4 Å². The van der Waals surface area contributed by atoms with E-state index in [9.17, 15) is 14.0 Å². The fourth-order valence-corrected chi connectivity index (χ4v) is 3.16. The molecule has 2 unspecified atom stereocenters. The van der Waals surface area contributed by atoms with E-state index in [0.29, 0.717) is 12.1 Å². The molecule has 1 aromatic rings. The summed E-state index contributed by atoms with van der Waals surface area (Å²) in [6.07, 6.45) is 2.13. The highest BCUT2D eigenvalue weighted by molar-refractivity contribution is 7.80. The van der Waals surface area contributed by atoms with Crippen LogP contribution in [0.3, 0.4) is 0 Å². The summed E-state index contributed by atoms with van der Waals surface area (Å²) in [5, 5.41) is 0. The van der Waals surface area contributed by atoms with Crippen molar-refractivity contribution in [2.45, 2.75) is 19.3 Å². The molecule has 3 rings (SSSR count). The standard InChI is InChI=1S/C14H13FN2O2S/c15-11-4-3-9(6-10(11)12(16)20)17-13(18)7-1-2-8(5-7)14(17)19/h3-4,6-8H,1-2,5H2,(H2,16,20). The van der Waals surface area contributed by atoms with Crippen molar-refractivity contribution in [2.75, 3.05) is 4.90 Å². The minimum Gasteiger partial charge on any atom is -0.389 e. The summed E-state index contributed by atoms with van der Waals surface area (Å²) in [4.78, 5) is 25.7. The monoisotopic (exact) mass is 292 g/mol. The Morgan fingerprint density at radius 1 is 1.25 bits per heavy atom. The summed E-state index contributed by atoms with van der Waals surface area (Å²) in [5.41, 5.74) is 5.85. The molecule has 1 saturated heterocycles. The number of thiocarbonyl (C=S) groups is 1. The predicted molar refractivity (Wildman–Crippen MR) is 75.6 cm³/mol. The maximum absolute atomic E-state index is 13.6. The molecule has 6 heteroatoms. The number of nitrogens with two attached hydrogens (primary N) is 1. The molecule has 0 radical (unpaired) electrons. The zero-order valence-electron chi connectivity index (χ0n) is 10.6. The van der Waals surface area contributed by atoms with Crippen LogP contribution in [0, 0.1) is 17.7 Å². The Balaban J connectivity index is 2.04. The minimum absolute atomic E-state index is 0.0519. The molecule has 0 aromatic heterocycles. The van der Waals surface area contributed by atoms with E-state index in [-0.39, 0.29) is 34.2 Å². The van der Waals surface area contributed by atoms with Crippen molar-refractivity contribution >= 4 is 34.7 Å². The van der Waals surface area contributed by atoms with Crippen LogP contribution in [0.2, 0.25) is 0 Å². The first-order valence-corrected chi connectivity index (χ1v) is 6.87. The van der Waals surface area contributed by atoms with Crippen molar-refractivity contribution in [3.8, 4) is 0 Å². The lowest BCUT2D eigenvalue weighted by molar-refractivity contribution is -0.132. The summed E-state index contributed by atoms with van der Waals surface area (Å²) in [7, 11) is 0. The molecule has 2 fully saturated rings. The van der Waals surface area contributed by atoms with Crippen LogP contribution in [-0.4, -0.2) is 16.8 Å². The normalized spacial score (nSPS) is 25.1. The Kier molecular flexibility index (Phi) is 3.05. The first-order chi connectivity index (χ1) is 9.49. The molecule has 2 aliphatic rings. The van der Waals surface area contributed by atoms with Crippen molar-refractivity contribution in [1.82, 2.24) is 0 Å². The Bertz CT molecular complexity index is 610. The molecule has 2 amide bonds. The zero-order chi connectivity index (χ0) is 14.4. The molecule has 2 bridgehead atoms. The lowest BCUT2D eigenvalue weighted by Crippen LogP contribution is -2.46. The number of nitrogens with zero attached hydrogens (tertiary/aromatic N) is 1. The van der Waals surface area contributed by atoms with Crippen molar-refractivity contribution in [3.63, 3.8) is 0 Å². The largest absolute Gasteiger partial charge is 0.389 e. The molecule has 2 atom stereocenters. The van der Waals surface area contributed by atoms with Crippen LogP contribution in [0.5, 0.6) is 0 Å². The molecular formula is C14H13FN2O2S. The third-order valence-electron chi connectivity index (χ3n) is 4.05. The van der Waals surface area contributed by atoms with Crippen molar-refractivity contribution in [2.24, 2.45) is 17.6 Å². The maximum atomic E-state index is 13.6. The molecule has 1 heterocycles. The van der Waals surface area contributed by atoms with Gasteiger partial charge in [-0.15, -0.1) is 0 Å². The van der Waals surface area contributed by atoms with Gasteiger partial charge in [-0.1, -0.05) is 12.2 Å². The number of halogens is 1. The van der Waals surface area contributed by atoms with Crippen LogP contribution in [0.1, 0.15) is 24.8 Å². The zero-order valence-corrected chi connectivity index (χ0v) is 11.5. The average molecular weight is 292 g/mol. The third kappa shape index (κ3) is 1.91. The van der Waals surface area contributed by atoms with Gasteiger partial charge in [0.25, 0.3) is 0 Å². The highest BCUT2D eigenvalue weighted by atomic mass is 32.1. The van der Waals surface area contributed by atoms with Gasteiger partial charge in [0.15, 0.2) is 0 Å². The fourth-order valence-electron chi connectivity index (χ4n) is 3.00. The Labute approximate surface area is 120 Å². The van der Waals surface area contributed by atoms with E-state index in [0.717, 1.165) is 17.7 Å². The number of rotatable bonds is 2. The van der Waals surface area contributed by atoms with Gasteiger partial charge in [-0.25, -0.2) is 4.39 Å². The Hall–Kier alpha value is -1.82. The number of carbonyl (C=O) groups excluding carboxylic acids is 2. The van der Waals surface area contributed by atoms with Gasteiger partial charge in [-0.2, -0.15) is 0 Å². The molecule has 1 aliphatic carbocycles. The second-order valence-electron chi connectivity index (χ2n) is 5.25. The second-order valence-corrected chi connectivity index (χ2v) is 5.69. The van der Waals surface area contributed by atoms with Crippen molar-refractivity contribution in [1.29, 1.82) is 0 Å². The Morgan fingerprint density at radius 3 is 2.40 bits per heavy atom. The minimum atomic E-state index is -0.555. The summed E-state index contributed by atoms with van der Waals surface area (Å²) >= 11 is 4.78. The third-order valence-corrected chi connectivity index (χ3v) is 4.27. The summed E-state index contributed by atoms with van der Waals surface area (Å²) in [6, 6.07) is 3.97. The van der Waals surface area contributed by atoms with E-state index >= 15 is 0 Å². The van der Waals surface area contributed by atoms with Crippen LogP contribution >= 0.6 is 12.2 Å². The van der Waals surface area contributed by atoms with E-state index in [2.05, 4.69) is 0 Å². The first kappa shape index (κ1) is 13.2. The topological polar surface area (TPSA) is 63.4 Å². The van der Waals surface area contributed by atoms with Crippen LogP contribution in [-0.2, 0) is 9.59 Å². The van der Waals surface area contributed by atoms with Gasteiger partial charge in [0.05, 0.1) is 5.69 Å². The number of benzene rings is 1. The average Bonchev–Trinajstić information content (AvgIpc) is 2.85. The Morgan fingerprint density at radius 2 is 1.85 bits per heavy atom.